The summed E-state index contributed by atoms with van der Waals surface area (Å²) in [6.45, 7) is 2.84. The third kappa shape index (κ3) is 7.03. The Balaban J connectivity index is 1.74. The van der Waals surface area contributed by atoms with Crippen LogP contribution >= 0.6 is 15.9 Å². The molecule has 0 spiro atoms. The summed E-state index contributed by atoms with van der Waals surface area (Å²) < 4.78 is 3.94. The average Bonchev–Trinajstić information content (AvgIpc) is 3.19. The number of rotatable bonds is 13. The second-order valence-corrected chi connectivity index (χ2v) is 9.28. The van der Waals surface area contributed by atoms with Gasteiger partial charge >= 0.3 is 5.69 Å². The smallest absolute Gasteiger partial charge is 0.303 e. The molecule has 9 heteroatoms. The van der Waals surface area contributed by atoms with E-state index in [1.54, 1.807) is 13.3 Å². The molecule has 182 valence electrons. The number of unbranched alkanes of at least 4 members (excludes halogenated alkanes) is 7. The molecule has 8 nitrogen and oxygen atoms in total. The van der Waals surface area contributed by atoms with Crippen LogP contribution in [0.4, 0.5) is 5.95 Å². The first-order chi connectivity index (χ1) is 16.5. The quantitative estimate of drug-likeness (QED) is 0.176. The zero-order chi connectivity index (χ0) is 24.3. The fourth-order valence-corrected chi connectivity index (χ4v) is 4.21. The molecule has 0 saturated carbocycles. The van der Waals surface area contributed by atoms with Gasteiger partial charge in [0.25, 0.3) is 5.56 Å². The second kappa shape index (κ2) is 13.1. The number of hydrazone groups is 1. The summed E-state index contributed by atoms with van der Waals surface area (Å²) in [6, 6.07) is 9.90. The molecule has 2 heterocycles. The molecule has 0 aliphatic carbocycles. The van der Waals surface area contributed by atoms with Gasteiger partial charge in [0, 0.05) is 18.1 Å². The van der Waals surface area contributed by atoms with Crippen molar-refractivity contribution < 1.29 is 0 Å². The average molecular weight is 529 g/mol. The Kier molecular flexibility index (Phi) is 9.88. The zero-order valence-corrected chi connectivity index (χ0v) is 21.5. The van der Waals surface area contributed by atoms with Crippen LogP contribution in [-0.4, -0.2) is 25.3 Å². The van der Waals surface area contributed by atoms with Crippen molar-refractivity contribution in [1.29, 1.82) is 0 Å². The summed E-state index contributed by atoms with van der Waals surface area (Å²) in [6.07, 6.45) is 13.1. The van der Waals surface area contributed by atoms with Gasteiger partial charge in [-0.05, 0) is 34.0 Å². The molecule has 0 unspecified atom stereocenters. The van der Waals surface area contributed by atoms with Crippen molar-refractivity contribution in [2.75, 3.05) is 5.43 Å². The fourth-order valence-electron chi connectivity index (χ4n) is 3.84. The molecule has 0 bridgehead atoms. The van der Waals surface area contributed by atoms with Crippen molar-refractivity contribution in [2.45, 2.75) is 64.8 Å². The molecule has 2 aromatic heterocycles. The summed E-state index contributed by atoms with van der Waals surface area (Å²) in [7, 11) is 1.60. The summed E-state index contributed by atoms with van der Waals surface area (Å²) >= 11 is 3.50. The molecule has 3 aromatic rings. The molecule has 0 atom stereocenters. The molecule has 2 N–H and O–H groups in total. The van der Waals surface area contributed by atoms with Gasteiger partial charge in [0.15, 0.2) is 11.2 Å². The lowest BCUT2D eigenvalue weighted by atomic mass is 10.1. The Hall–Kier alpha value is -2.94. The summed E-state index contributed by atoms with van der Waals surface area (Å²) in [5, 5.41) is 4.29. The van der Waals surface area contributed by atoms with E-state index in [2.05, 4.69) is 43.3 Å². The number of anilines is 1. The number of allylic oxidation sites excluding steroid dienone is 1. The van der Waals surface area contributed by atoms with Crippen LogP contribution in [0.1, 0.15) is 63.9 Å². The molecular weight excluding hydrogens is 496 g/mol. The highest BCUT2D eigenvalue weighted by molar-refractivity contribution is 9.12. The van der Waals surface area contributed by atoms with Crippen molar-refractivity contribution >= 4 is 45.3 Å². The van der Waals surface area contributed by atoms with Crippen LogP contribution in [0.5, 0.6) is 0 Å². The third-order valence-corrected chi connectivity index (χ3v) is 6.13. The molecule has 0 fully saturated rings. The summed E-state index contributed by atoms with van der Waals surface area (Å²) in [4.78, 5) is 31.5. The number of nitrogens with zero attached hydrogens (tertiary/aromatic N) is 4. The lowest BCUT2D eigenvalue weighted by molar-refractivity contribution is 0.549. The molecule has 0 amide bonds. The van der Waals surface area contributed by atoms with Crippen molar-refractivity contribution in [2.24, 2.45) is 12.1 Å². The number of benzene rings is 1. The highest BCUT2D eigenvalue weighted by Gasteiger charge is 2.16. The number of imidazole rings is 1. The highest BCUT2D eigenvalue weighted by atomic mass is 79.9. The van der Waals surface area contributed by atoms with E-state index in [0.29, 0.717) is 23.7 Å². The Morgan fingerprint density at radius 3 is 2.47 bits per heavy atom. The minimum absolute atomic E-state index is 0.338. The monoisotopic (exact) mass is 528 g/mol. The van der Waals surface area contributed by atoms with Gasteiger partial charge in [0.2, 0.25) is 5.95 Å². The first-order valence-electron chi connectivity index (χ1n) is 11.9. The van der Waals surface area contributed by atoms with Gasteiger partial charge < -0.3 is 4.57 Å². The van der Waals surface area contributed by atoms with Crippen LogP contribution < -0.4 is 16.7 Å². The van der Waals surface area contributed by atoms with Gasteiger partial charge in [-0.1, -0.05) is 82.2 Å². The van der Waals surface area contributed by atoms with Crippen LogP contribution in [0.2, 0.25) is 0 Å². The van der Waals surface area contributed by atoms with E-state index in [0.717, 1.165) is 22.9 Å². The van der Waals surface area contributed by atoms with E-state index in [4.69, 9.17) is 0 Å². The fraction of sp³-hybridized carbons (Fsp3) is 0.440. The number of fused-ring (bicyclic) bond motifs is 1. The topological polar surface area (TPSA) is 97.1 Å². The predicted molar refractivity (Wildman–Crippen MR) is 144 cm³/mol. The normalized spacial score (nSPS) is 12.1. The maximum Gasteiger partial charge on any atom is 0.329 e. The van der Waals surface area contributed by atoms with Crippen molar-refractivity contribution in [3.05, 3.63) is 61.2 Å². The number of aromatic nitrogens is 4. The summed E-state index contributed by atoms with van der Waals surface area (Å²) in [5.41, 5.74) is 3.79. The van der Waals surface area contributed by atoms with Gasteiger partial charge in [-0.3, -0.25) is 14.3 Å². The van der Waals surface area contributed by atoms with Gasteiger partial charge in [-0.2, -0.15) is 10.1 Å². The molecule has 0 radical (unpaired) electrons. The van der Waals surface area contributed by atoms with E-state index < -0.39 is 11.2 Å². The number of aromatic amines is 1. The minimum Gasteiger partial charge on any atom is -0.303 e. The largest absolute Gasteiger partial charge is 0.329 e. The highest BCUT2D eigenvalue weighted by Crippen LogP contribution is 2.18. The number of aryl methyl sites for hydroxylation is 2. The maximum absolute atomic E-state index is 12.6. The zero-order valence-electron chi connectivity index (χ0n) is 19.9. The van der Waals surface area contributed by atoms with Crippen LogP contribution in [0, 0.1) is 0 Å². The van der Waals surface area contributed by atoms with Crippen LogP contribution in [-0.2, 0) is 13.6 Å². The van der Waals surface area contributed by atoms with E-state index in [-0.39, 0.29) is 0 Å². The number of nitrogens with one attached hydrogen (secondary N) is 2. The van der Waals surface area contributed by atoms with Gasteiger partial charge in [-0.15, -0.1) is 0 Å². The van der Waals surface area contributed by atoms with Gasteiger partial charge in [-0.25, -0.2) is 10.2 Å². The molecule has 3 rings (SSSR count). The Labute approximate surface area is 207 Å². The molecular formula is C25H33BrN6O2. The number of halogens is 1. The molecule has 34 heavy (non-hydrogen) atoms. The van der Waals surface area contributed by atoms with Crippen molar-refractivity contribution in [3.63, 3.8) is 0 Å². The molecule has 0 aliphatic rings. The van der Waals surface area contributed by atoms with Crippen LogP contribution in [0.3, 0.4) is 0 Å². The number of hydrogen-bond donors (Lipinski definition) is 2. The predicted octanol–water partition coefficient (Wildman–Crippen LogP) is 5.40. The third-order valence-electron chi connectivity index (χ3n) is 5.70. The first-order valence-corrected chi connectivity index (χ1v) is 12.7. The number of H-pyrrole nitrogens is 1. The van der Waals surface area contributed by atoms with E-state index in [1.807, 2.05) is 41.0 Å². The van der Waals surface area contributed by atoms with Crippen LogP contribution in [0.25, 0.3) is 17.2 Å². The lowest BCUT2D eigenvalue weighted by Gasteiger charge is -2.08. The van der Waals surface area contributed by atoms with Crippen molar-refractivity contribution in [3.8, 4) is 0 Å². The Bertz CT molecular complexity index is 1240. The van der Waals surface area contributed by atoms with Gasteiger partial charge in [0.05, 0.1) is 6.21 Å². The van der Waals surface area contributed by atoms with Crippen molar-refractivity contribution in [1.82, 2.24) is 19.1 Å². The maximum atomic E-state index is 12.6. The molecule has 0 aliphatic heterocycles. The Morgan fingerprint density at radius 1 is 1.09 bits per heavy atom. The van der Waals surface area contributed by atoms with E-state index in [9.17, 15) is 9.59 Å². The summed E-state index contributed by atoms with van der Waals surface area (Å²) in [5.74, 6) is 0.431. The van der Waals surface area contributed by atoms with E-state index >= 15 is 0 Å². The lowest BCUT2D eigenvalue weighted by Crippen LogP contribution is -2.29. The SMILES string of the molecule is CCCCCCCCCCn1c(N/N=C\C(Br)=C\c2ccccc2)nc2c1c(=O)[nH]c(=O)n2C. The molecule has 0 saturated heterocycles. The first kappa shape index (κ1) is 25.7. The number of hydrogen-bond acceptors (Lipinski definition) is 5. The Morgan fingerprint density at radius 2 is 1.76 bits per heavy atom. The van der Waals surface area contributed by atoms with Crippen LogP contribution in [0.15, 0.2) is 49.5 Å². The van der Waals surface area contributed by atoms with E-state index in [1.165, 1.54) is 43.1 Å². The minimum atomic E-state index is -0.488. The second-order valence-electron chi connectivity index (χ2n) is 8.36. The standard InChI is InChI=1S/C25H33BrN6O2/c1-3-4-5-6-7-8-9-13-16-32-21-22(31(2)25(34)29-23(21)33)28-24(32)30-27-18-20(26)17-19-14-11-10-12-15-19/h10-12,14-15,17-18H,3-9,13,16H2,1-2H3,(H,28,30)(H,29,33,34)/b20-17-,27-18-. The molecule has 1 aromatic carbocycles. The van der Waals surface area contributed by atoms with Gasteiger partial charge in [0.1, 0.15) is 0 Å².